The summed E-state index contributed by atoms with van der Waals surface area (Å²) in [5, 5.41) is 11.6. The van der Waals surface area contributed by atoms with Gasteiger partial charge >= 0.3 is 12.0 Å². The molecule has 2 rings (SSSR count). The predicted molar refractivity (Wildman–Crippen MR) is 67.5 cm³/mol. The van der Waals surface area contributed by atoms with Crippen molar-refractivity contribution in [2.75, 3.05) is 6.54 Å². The van der Waals surface area contributed by atoms with Crippen LogP contribution < -0.4 is 5.32 Å². The summed E-state index contributed by atoms with van der Waals surface area (Å²) in [7, 11) is 0. The molecule has 1 atom stereocenters. The third-order valence-electron chi connectivity index (χ3n) is 3.29. The van der Waals surface area contributed by atoms with Crippen LogP contribution in [0.15, 0.2) is 22.8 Å². The first-order chi connectivity index (χ1) is 9.16. The highest BCUT2D eigenvalue weighted by molar-refractivity contribution is 5.76. The minimum atomic E-state index is -0.865. The summed E-state index contributed by atoms with van der Waals surface area (Å²) in [4.78, 5) is 24.5. The van der Waals surface area contributed by atoms with E-state index in [1.54, 1.807) is 23.3 Å². The molecule has 0 spiro atoms. The van der Waals surface area contributed by atoms with Gasteiger partial charge in [-0.1, -0.05) is 0 Å². The molecule has 1 aliphatic rings. The number of nitrogens with zero attached hydrogens (tertiary/aromatic N) is 1. The fourth-order valence-electron chi connectivity index (χ4n) is 2.36. The first kappa shape index (κ1) is 13.5. The molecule has 0 bridgehead atoms. The summed E-state index contributed by atoms with van der Waals surface area (Å²) in [5.74, 6) is -0.184. The van der Waals surface area contributed by atoms with Gasteiger partial charge in [0.2, 0.25) is 0 Å². The Labute approximate surface area is 111 Å². The lowest BCUT2D eigenvalue weighted by Gasteiger charge is -2.34. The summed E-state index contributed by atoms with van der Waals surface area (Å²) < 4.78 is 5.14. The number of carboxylic acid groups (broad SMARTS) is 1. The summed E-state index contributed by atoms with van der Waals surface area (Å²) in [5.41, 5.74) is 0. The van der Waals surface area contributed by atoms with Gasteiger partial charge in [0, 0.05) is 12.6 Å². The van der Waals surface area contributed by atoms with Crippen molar-refractivity contribution < 1.29 is 19.1 Å². The molecular weight excluding hydrogens is 248 g/mol. The van der Waals surface area contributed by atoms with Crippen LogP contribution in [0.2, 0.25) is 0 Å². The third-order valence-corrected chi connectivity index (χ3v) is 3.29. The lowest BCUT2D eigenvalue weighted by molar-refractivity contribution is -0.138. The topological polar surface area (TPSA) is 82.8 Å². The molecule has 0 radical (unpaired) electrons. The van der Waals surface area contributed by atoms with Gasteiger partial charge in [-0.15, -0.1) is 0 Å². The van der Waals surface area contributed by atoms with Crippen LogP contribution in [0, 0.1) is 0 Å². The van der Waals surface area contributed by atoms with Gasteiger partial charge in [-0.2, -0.15) is 0 Å². The fraction of sp³-hybridized carbons (Fsp3) is 0.538. The summed E-state index contributed by atoms with van der Waals surface area (Å²) in [6.45, 7) is 0.935. The van der Waals surface area contributed by atoms with E-state index in [9.17, 15) is 9.59 Å². The normalized spacial score (nSPS) is 19.2. The van der Waals surface area contributed by atoms with Gasteiger partial charge < -0.3 is 19.7 Å². The lowest BCUT2D eigenvalue weighted by atomic mass is 10.00. The highest BCUT2D eigenvalue weighted by Gasteiger charge is 2.28. The molecule has 0 aromatic carbocycles. The number of furan rings is 1. The second kappa shape index (κ2) is 6.26. The second-order valence-electron chi connectivity index (χ2n) is 4.68. The molecule has 2 amide bonds. The zero-order valence-electron chi connectivity index (χ0n) is 10.7. The number of rotatable bonds is 4. The number of amides is 2. The highest BCUT2D eigenvalue weighted by Crippen LogP contribution is 2.19. The Bertz CT molecular complexity index is 430. The standard InChI is InChI=1S/C13H18N2O4/c16-12(17)8-10-4-1-2-6-15(10)13(18)14-9-11-5-3-7-19-11/h3,5,7,10H,1-2,4,6,8-9H2,(H,14,18)(H,16,17). The van der Waals surface area contributed by atoms with Gasteiger partial charge in [0.15, 0.2) is 0 Å². The van der Waals surface area contributed by atoms with E-state index in [0.29, 0.717) is 18.8 Å². The number of likely N-dealkylation sites (tertiary alicyclic amines) is 1. The first-order valence-electron chi connectivity index (χ1n) is 6.45. The quantitative estimate of drug-likeness (QED) is 0.870. The van der Waals surface area contributed by atoms with Crippen molar-refractivity contribution in [3.63, 3.8) is 0 Å². The Hall–Kier alpha value is -1.98. The van der Waals surface area contributed by atoms with E-state index >= 15 is 0 Å². The predicted octanol–water partition coefficient (Wildman–Crippen LogP) is 1.82. The molecule has 1 aromatic rings. The summed E-state index contributed by atoms with van der Waals surface area (Å²) in [6, 6.07) is 3.12. The SMILES string of the molecule is O=C(O)CC1CCCCN1C(=O)NCc1ccco1. The van der Waals surface area contributed by atoms with Gasteiger partial charge in [0.05, 0.1) is 19.2 Å². The van der Waals surface area contributed by atoms with Crippen LogP contribution in [-0.2, 0) is 11.3 Å². The number of carboxylic acids is 1. The number of carbonyl (C=O) groups excluding carboxylic acids is 1. The van der Waals surface area contributed by atoms with Gasteiger partial charge in [0.25, 0.3) is 0 Å². The molecule has 0 saturated carbocycles. The van der Waals surface area contributed by atoms with Crippen molar-refractivity contribution in [1.82, 2.24) is 10.2 Å². The fourth-order valence-corrected chi connectivity index (χ4v) is 2.36. The number of aliphatic carboxylic acids is 1. The van der Waals surface area contributed by atoms with Crippen molar-refractivity contribution in [2.45, 2.75) is 38.3 Å². The van der Waals surface area contributed by atoms with Crippen LogP contribution in [0.25, 0.3) is 0 Å². The van der Waals surface area contributed by atoms with E-state index in [0.717, 1.165) is 19.3 Å². The zero-order valence-corrected chi connectivity index (χ0v) is 10.7. The molecule has 2 heterocycles. The van der Waals surface area contributed by atoms with Crippen molar-refractivity contribution in [3.05, 3.63) is 24.2 Å². The number of nitrogens with one attached hydrogen (secondary N) is 1. The average molecular weight is 266 g/mol. The van der Waals surface area contributed by atoms with Crippen LogP contribution in [0.4, 0.5) is 4.79 Å². The molecule has 6 heteroatoms. The average Bonchev–Trinajstić information content (AvgIpc) is 2.89. The third kappa shape index (κ3) is 3.74. The van der Waals surface area contributed by atoms with Crippen LogP contribution in [0.5, 0.6) is 0 Å². The first-order valence-corrected chi connectivity index (χ1v) is 6.45. The monoisotopic (exact) mass is 266 g/mol. The van der Waals surface area contributed by atoms with Crippen molar-refractivity contribution in [2.24, 2.45) is 0 Å². The maximum atomic E-state index is 12.1. The van der Waals surface area contributed by atoms with Crippen LogP contribution in [-0.4, -0.2) is 34.6 Å². The molecule has 1 fully saturated rings. The molecule has 0 aliphatic carbocycles. The second-order valence-corrected chi connectivity index (χ2v) is 4.68. The molecule has 1 aromatic heterocycles. The maximum absolute atomic E-state index is 12.1. The lowest BCUT2D eigenvalue weighted by Crippen LogP contribution is -2.49. The van der Waals surface area contributed by atoms with Crippen LogP contribution in [0.3, 0.4) is 0 Å². The zero-order chi connectivity index (χ0) is 13.7. The number of hydrogen-bond donors (Lipinski definition) is 2. The maximum Gasteiger partial charge on any atom is 0.318 e. The molecule has 1 saturated heterocycles. The van der Waals surface area contributed by atoms with E-state index in [1.165, 1.54) is 0 Å². The highest BCUT2D eigenvalue weighted by atomic mass is 16.4. The van der Waals surface area contributed by atoms with Crippen LogP contribution >= 0.6 is 0 Å². The molecule has 2 N–H and O–H groups in total. The smallest absolute Gasteiger partial charge is 0.318 e. The van der Waals surface area contributed by atoms with E-state index in [4.69, 9.17) is 9.52 Å². The Kier molecular flexibility index (Phi) is 4.43. The molecule has 1 unspecified atom stereocenters. The minimum Gasteiger partial charge on any atom is -0.481 e. The Morgan fingerprint density at radius 3 is 3.00 bits per heavy atom. The van der Waals surface area contributed by atoms with E-state index in [-0.39, 0.29) is 18.5 Å². The number of piperidine rings is 1. The van der Waals surface area contributed by atoms with Crippen molar-refractivity contribution in [3.8, 4) is 0 Å². The van der Waals surface area contributed by atoms with E-state index in [1.807, 2.05) is 0 Å². The van der Waals surface area contributed by atoms with Gasteiger partial charge in [0.1, 0.15) is 5.76 Å². The largest absolute Gasteiger partial charge is 0.481 e. The van der Waals surface area contributed by atoms with E-state index < -0.39 is 5.97 Å². The molecule has 1 aliphatic heterocycles. The summed E-state index contributed by atoms with van der Waals surface area (Å²) in [6.07, 6.45) is 4.20. The Morgan fingerprint density at radius 2 is 2.32 bits per heavy atom. The van der Waals surface area contributed by atoms with Crippen LogP contribution in [0.1, 0.15) is 31.4 Å². The number of carbonyl (C=O) groups is 2. The molecular formula is C13H18N2O4. The van der Waals surface area contributed by atoms with E-state index in [2.05, 4.69) is 5.32 Å². The number of hydrogen-bond acceptors (Lipinski definition) is 3. The Balaban J connectivity index is 1.89. The van der Waals surface area contributed by atoms with Crippen molar-refractivity contribution >= 4 is 12.0 Å². The number of urea groups is 1. The van der Waals surface area contributed by atoms with Gasteiger partial charge in [-0.25, -0.2) is 4.79 Å². The molecule has 19 heavy (non-hydrogen) atoms. The van der Waals surface area contributed by atoms with Gasteiger partial charge in [-0.05, 0) is 31.4 Å². The summed E-state index contributed by atoms with van der Waals surface area (Å²) >= 11 is 0. The Morgan fingerprint density at radius 1 is 1.47 bits per heavy atom. The van der Waals surface area contributed by atoms with Crippen molar-refractivity contribution in [1.29, 1.82) is 0 Å². The minimum absolute atomic E-state index is 0.00811. The molecule has 6 nitrogen and oxygen atoms in total. The van der Waals surface area contributed by atoms with Gasteiger partial charge in [-0.3, -0.25) is 4.79 Å². The molecule has 104 valence electrons.